The second-order valence-electron chi connectivity index (χ2n) is 7.34. The van der Waals surface area contributed by atoms with Crippen LogP contribution in [0.25, 0.3) is 0 Å². The van der Waals surface area contributed by atoms with Crippen molar-refractivity contribution in [2.75, 3.05) is 0 Å². The number of halogens is 1. The fraction of sp³-hybridized carbons (Fsp3) is 0.895. The minimum Gasteiger partial charge on any atom is -0.216 e. The van der Waals surface area contributed by atoms with Gasteiger partial charge in [-0.15, -0.1) is 0 Å². The minimum atomic E-state index is 0.690. The van der Waals surface area contributed by atoms with E-state index in [4.69, 9.17) is 0 Å². The van der Waals surface area contributed by atoms with Gasteiger partial charge in [-0.1, -0.05) is 45.1 Å². The van der Waals surface area contributed by atoms with Crippen LogP contribution in [-0.4, -0.2) is 0 Å². The van der Waals surface area contributed by atoms with Gasteiger partial charge in [0.25, 0.3) is 0 Å². The summed E-state index contributed by atoms with van der Waals surface area (Å²) in [5.74, 6) is 1.73. The average Bonchev–Trinajstić information content (AvgIpc) is 2.52. The summed E-state index contributed by atoms with van der Waals surface area (Å²) >= 11 is 0. The van der Waals surface area contributed by atoms with E-state index in [1.165, 1.54) is 77.0 Å². The van der Waals surface area contributed by atoms with Crippen LogP contribution < -0.4 is 0 Å². The fourth-order valence-corrected chi connectivity index (χ4v) is 4.90. The zero-order chi connectivity index (χ0) is 14.3. The summed E-state index contributed by atoms with van der Waals surface area (Å²) in [4.78, 5) is 0. The van der Waals surface area contributed by atoms with Gasteiger partial charge in [-0.05, 0) is 68.6 Å². The highest BCUT2D eigenvalue weighted by atomic mass is 19.1. The van der Waals surface area contributed by atoms with Gasteiger partial charge in [-0.3, -0.25) is 0 Å². The van der Waals surface area contributed by atoms with Crippen molar-refractivity contribution >= 4 is 0 Å². The van der Waals surface area contributed by atoms with Crippen molar-refractivity contribution in [3.63, 3.8) is 0 Å². The Balaban J connectivity index is 1.90. The van der Waals surface area contributed by atoms with Gasteiger partial charge in [-0.2, -0.15) is 0 Å². The van der Waals surface area contributed by atoms with Gasteiger partial charge in [0.15, 0.2) is 0 Å². The Labute approximate surface area is 125 Å². The van der Waals surface area contributed by atoms with Crippen LogP contribution >= 0.6 is 0 Å². The molecule has 0 nitrogen and oxygen atoms in total. The predicted octanol–water partition coefficient (Wildman–Crippen LogP) is 6.81. The molecule has 0 aromatic rings. The highest BCUT2D eigenvalue weighted by Gasteiger charge is 2.40. The van der Waals surface area contributed by atoms with Gasteiger partial charge in [0, 0.05) is 0 Å². The van der Waals surface area contributed by atoms with Crippen molar-refractivity contribution < 1.29 is 4.39 Å². The number of rotatable bonds is 6. The second kappa shape index (κ2) is 8.20. The van der Waals surface area contributed by atoms with E-state index in [0.717, 1.165) is 24.6 Å². The molecule has 0 aromatic carbocycles. The molecule has 0 saturated heterocycles. The third-order valence-electron chi connectivity index (χ3n) is 6.15. The first-order valence-electron chi connectivity index (χ1n) is 9.06. The first kappa shape index (κ1) is 16.0. The van der Waals surface area contributed by atoms with E-state index < -0.39 is 0 Å². The molecule has 2 saturated carbocycles. The molecule has 2 fully saturated rings. The van der Waals surface area contributed by atoms with Crippen molar-refractivity contribution in [2.24, 2.45) is 17.3 Å². The van der Waals surface area contributed by atoms with E-state index in [1.807, 2.05) is 0 Å². The second-order valence-corrected chi connectivity index (χ2v) is 7.34. The van der Waals surface area contributed by atoms with Crippen molar-refractivity contribution in [3.05, 3.63) is 12.4 Å². The van der Waals surface area contributed by atoms with Gasteiger partial charge >= 0.3 is 0 Å². The van der Waals surface area contributed by atoms with Crippen molar-refractivity contribution in [2.45, 2.75) is 90.4 Å². The Kier molecular flexibility index (Phi) is 6.58. The summed E-state index contributed by atoms with van der Waals surface area (Å²) < 4.78 is 12.1. The normalized spacial score (nSPS) is 30.7. The maximum absolute atomic E-state index is 12.1. The first-order chi connectivity index (χ1) is 9.80. The third kappa shape index (κ3) is 4.09. The molecule has 0 N–H and O–H groups in total. The number of unbranched alkanes of at least 4 members (excludes halogenated alkanes) is 1. The zero-order valence-corrected chi connectivity index (χ0v) is 13.4. The van der Waals surface area contributed by atoms with Crippen LogP contribution in [0.2, 0.25) is 0 Å². The van der Waals surface area contributed by atoms with Gasteiger partial charge in [0.05, 0.1) is 6.33 Å². The molecule has 2 aliphatic rings. The summed E-state index contributed by atoms with van der Waals surface area (Å²) in [6, 6.07) is 0. The molecule has 0 aromatic heterocycles. The molecular weight excluding hydrogens is 247 g/mol. The lowest BCUT2D eigenvalue weighted by Crippen LogP contribution is -2.35. The van der Waals surface area contributed by atoms with Crippen LogP contribution in [0.3, 0.4) is 0 Å². The maximum Gasteiger partial charge on any atom is 0.0827 e. The summed E-state index contributed by atoms with van der Waals surface area (Å²) in [5.41, 5.74) is 0.690. The molecule has 2 aliphatic carbocycles. The SMILES string of the molecule is CCCCC1([C@H]2CC[C@H](C/C=C/F)CC2)CCCCC1. The Morgan fingerprint density at radius 2 is 1.75 bits per heavy atom. The predicted molar refractivity (Wildman–Crippen MR) is 85.4 cm³/mol. The van der Waals surface area contributed by atoms with Gasteiger partial charge in [0.1, 0.15) is 0 Å². The summed E-state index contributed by atoms with van der Waals surface area (Å²) in [6.07, 6.45) is 20.5. The molecule has 0 atom stereocenters. The molecule has 2 rings (SSSR count). The number of allylic oxidation sites excluding steroid dienone is 1. The highest BCUT2D eigenvalue weighted by Crippen LogP contribution is 2.52. The number of hydrogen-bond acceptors (Lipinski definition) is 0. The van der Waals surface area contributed by atoms with Crippen LogP contribution in [0.5, 0.6) is 0 Å². The summed E-state index contributed by atoms with van der Waals surface area (Å²) in [6.45, 7) is 2.33. The van der Waals surface area contributed by atoms with Crippen LogP contribution in [-0.2, 0) is 0 Å². The Morgan fingerprint density at radius 3 is 2.35 bits per heavy atom. The quantitative estimate of drug-likeness (QED) is 0.501. The van der Waals surface area contributed by atoms with E-state index in [-0.39, 0.29) is 0 Å². The van der Waals surface area contributed by atoms with E-state index in [0.29, 0.717) is 5.41 Å². The van der Waals surface area contributed by atoms with Gasteiger partial charge in [0.2, 0.25) is 0 Å². The molecule has 0 radical (unpaired) electrons. The molecule has 0 unspecified atom stereocenters. The summed E-state index contributed by atoms with van der Waals surface area (Å²) in [7, 11) is 0. The standard InChI is InChI=1S/C19H33F/c1-2-3-13-19(14-5-4-6-15-19)18-11-9-17(10-12-18)8-7-16-20/h7,16-18H,2-6,8-15H2,1H3/b16-7+/t17-,18-. The topological polar surface area (TPSA) is 0 Å². The zero-order valence-electron chi connectivity index (χ0n) is 13.4. The molecule has 0 bridgehead atoms. The molecule has 0 heterocycles. The Hall–Kier alpha value is -0.330. The molecule has 116 valence electrons. The van der Waals surface area contributed by atoms with Crippen LogP contribution in [0.1, 0.15) is 90.4 Å². The van der Waals surface area contributed by atoms with Crippen molar-refractivity contribution in [1.82, 2.24) is 0 Å². The largest absolute Gasteiger partial charge is 0.216 e. The van der Waals surface area contributed by atoms with Crippen LogP contribution in [0, 0.1) is 17.3 Å². The Morgan fingerprint density at radius 1 is 1.05 bits per heavy atom. The lowest BCUT2D eigenvalue weighted by molar-refractivity contribution is 0.0443. The lowest BCUT2D eigenvalue weighted by Gasteiger charge is -2.47. The van der Waals surface area contributed by atoms with E-state index in [9.17, 15) is 4.39 Å². The third-order valence-corrected chi connectivity index (χ3v) is 6.15. The van der Waals surface area contributed by atoms with E-state index >= 15 is 0 Å². The molecular formula is C19H33F. The average molecular weight is 280 g/mol. The number of hydrogen-bond donors (Lipinski definition) is 0. The maximum atomic E-state index is 12.1. The van der Waals surface area contributed by atoms with E-state index in [1.54, 1.807) is 6.08 Å². The smallest absolute Gasteiger partial charge is 0.0827 e. The minimum absolute atomic E-state index is 0.690. The molecule has 20 heavy (non-hydrogen) atoms. The highest BCUT2D eigenvalue weighted by molar-refractivity contribution is 4.92. The van der Waals surface area contributed by atoms with Gasteiger partial charge in [-0.25, -0.2) is 4.39 Å². The lowest BCUT2D eigenvalue weighted by atomic mass is 9.58. The monoisotopic (exact) mass is 280 g/mol. The van der Waals surface area contributed by atoms with Crippen molar-refractivity contribution in [1.29, 1.82) is 0 Å². The summed E-state index contributed by atoms with van der Waals surface area (Å²) in [5, 5.41) is 0. The first-order valence-corrected chi connectivity index (χ1v) is 9.06. The van der Waals surface area contributed by atoms with Crippen LogP contribution in [0.15, 0.2) is 12.4 Å². The van der Waals surface area contributed by atoms with Crippen molar-refractivity contribution in [3.8, 4) is 0 Å². The van der Waals surface area contributed by atoms with Crippen LogP contribution in [0.4, 0.5) is 4.39 Å². The van der Waals surface area contributed by atoms with E-state index in [2.05, 4.69) is 6.92 Å². The molecule has 0 amide bonds. The molecule has 1 heteroatoms. The fourth-order valence-electron chi connectivity index (χ4n) is 4.90. The Bertz CT molecular complexity index is 280. The molecule has 0 spiro atoms. The molecule has 0 aliphatic heterocycles. The van der Waals surface area contributed by atoms with Gasteiger partial charge < -0.3 is 0 Å².